The molecule has 2 aromatic heterocycles. The normalized spacial score (nSPS) is 11.9. The van der Waals surface area contributed by atoms with Gasteiger partial charge in [0.2, 0.25) is 0 Å². The second-order valence-electron chi connectivity index (χ2n) is 21.0. The number of aromatic nitrogens is 2. The third-order valence-electron chi connectivity index (χ3n) is 15.5. The largest absolute Gasteiger partial charge is 0.416 e. The molecule has 0 radical (unpaired) electrons. The summed E-state index contributed by atoms with van der Waals surface area (Å²) in [6.45, 7) is 16.7. The minimum atomic E-state index is -4.77. The van der Waals surface area contributed by atoms with E-state index in [1.54, 1.807) is 6.07 Å². The first kappa shape index (κ1) is 48.0. The molecule has 6 heteroatoms. The number of aryl methyl sites for hydroxylation is 8. The Hall–Kier alpha value is -8.92. The zero-order chi connectivity index (χ0) is 52.9. The fourth-order valence-corrected chi connectivity index (χ4v) is 11.9. The minimum Gasteiger partial charge on any atom is -0.308 e. The third kappa shape index (κ3) is 8.15. The van der Waals surface area contributed by atoms with E-state index in [0.717, 1.165) is 133 Å². The van der Waals surface area contributed by atoms with Crippen molar-refractivity contribution in [3.05, 3.63) is 238 Å². The van der Waals surface area contributed by atoms with Crippen LogP contribution in [0.5, 0.6) is 0 Å². The maximum atomic E-state index is 16.3. The number of alkyl halides is 3. The van der Waals surface area contributed by atoms with Crippen molar-refractivity contribution < 1.29 is 13.2 Å². The predicted octanol–water partition coefficient (Wildman–Crippen LogP) is 19.6. The third-order valence-corrected chi connectivity index (χ3v) is 15.5. The second kappa shape index (κ2) is 18.2. The summed E-state index contributed by atoms with van der Waals surface area (Å²) in [7, 11) is 0. The van der Waals surface area contributed by atoms with Crippen molar-refractivity contribution in [2.24, 2.45) is 0 Å². The van der Waals surface area contributed by atoms with Gasteiger partial charge in [0.05, 0.1) is 50.6 Å². The number of fused-ring (bicyclic) bond motifs is 6. The predicted molar refractivity (Wildman–Crippen MR) is 310 cm³/mol. The number of benzene rings is 10. The Morgan fingerprint density at radius 3 is 0.974 bits per heavy atom. The molecule has 0 N–H and O–H groups in total. The summed E-state index contributed by atoms with van der Waals surface area (Å²) < 4.78 is 53.1. The van der Waals surface area contributed by atoms with Crippen molar-refractivity contribution in [3.63, 3.8) is 0 Å². The van der Waals surface area contributed by atoms with Crippen molar-refractivity contribution in [1.29, 1.82) is 5.26 Å². The van der Waals surface area contributed by atoms with E-state index in [9.17, 15) is 5.26 Å². The van der Waals surface area contributed by atoms with E-state index in [0.29, 0.717) is 28.1 Å². The van der Waals surface area contributed by atoms with Crippen LogP contribution in [0.25, 0.3) is 111 Å². The summed E-state index contributed by atoms with van der Waals surface area (Å²) in [5.74, 6) is 0. The minimum absolute atomic E-state index is 0.335. The first-order valence-electron chi connectivity index (χ1n) is 25.8. The maximum absolute atomic E-state index is 16.3. The second-order valence-corrected chi connectivity index (χ2v) is 21.0. The van der Waals surface area contributed by atoms with Crippen LogP contribution in [-0.2, 0) is 6.18 Å². The summed E-state index contributed by atoms with van der Waals surface area (Å²) in [5, 5.41) is 14.1. The molecule has 3 nitrogen and oxygen atoms in total. The molecular weight excluding hydrogens is 940 g/mol. The average molecular weight is 994 g/mol. The van der Waals surface area contributed by atoms with E-state index < -0.39 is 11.7 Å². The fraction of sp³-hybridized carbons (Fsp3) is 0.129. The van der Waals surface area contributed by atoms with E-state index in [4.69, 9.17) is 0 Å². The maximum Gasteiger partial charge on any atom is 0.416 e. The van der Waals surface area contributed by atoms with Gasteiger partial charge in [-0.25, -0.2) is 0 Å². The number of nitriles is 1. The molecule has 76 heavy (non-hydrogen) atoms. The molecule has 0 unspecified atom stereocenters. The van der Waals surface area contributed by atoms with Crippen molar-refractivity contribution in [1.82, 2.24) is 9.13 Å². The Labute approximate surface area is 441 Å². The first-order valence-corrected chi connectivity index (χ1v) is 25.8. The van der Waals surface area contributed by atoms with Crippen molar-refractivity contribution in [2.45, 2.75) is 61.6 Å². The first-order chi connectivity index (χ1) is 36.5. The molecule has 10 aromatic carbocycles. The highest BCUT2D eigenvalue weighted by Gasteiger charge is 2.35. The van der Waals surface area contributed by atoms with Crippen LogP contribution in [0.2, 0.25) is 0 Å². The SMILES string of the molecule is Cc1ccc(-c2ccc3c4ccc(-c5ccc(C)cc5C)cc4n(-c4cc(C(F)(F)F)cc(-n5c6cc(-c7ccc(C)cc7C)ccc6c6ccc(-c7ccc(C)cc7C)cc65)c4-c4cccc(C#N)c4)c3c2)c(C)c1. The number of nitrogens with zero attached hydrogens (tertiary/aromatic N) is 3. The Morgan fingerprint density at radius 1 is 0.355 bits per heavy atom. The summed E-state index contributed by atoms with van der Waals surface area (Å²) >= 11 is 0. The molecule has 0 saturated carbocycles. The lowest BCUT2D eigenvalue weighted by molar-refractivity contribution is -0.137. The molecule has 0 amide bonds. The Bertz CT molecular complexity index is 3980. The molecule has 370 valence electrons. The zero-order valence-corrected chi connectivity index (χ0v) is 43.8. The van der Waals surface area contributed by atoms with Gasteiger partial charge in [-0.2, -0.15) is 18.4 Å². The van der Waals surface area contributed by atoms with Gasteiger partial charge in [-0.1, -0.05) is 156 Å². The van der Waals surface area contributed by atoms with Crippen LogP contribution in [0.3, 0.4) is 0 Å². The molecule has 2 heterocycles. The van der Waals surface area contributed by atoms with Crippen LogP contribution in [-0.4, -0.2) is 9.13 Å². The highest BCUT2D eigenvalue weighted by Crippen LogP contribution is 2.48. The number of hydrogen-bond acceptors (Lipinski definition) is 1. The summed E-state index contributed by atoms with van der Waals surface area (Å²) in [6, 6.07) is 63.3. The highest BCUT2D eigenvalue weighted by atomic mass is 19.4. The smallest absolute Gasteiger partial charge is 0.308 e. The van der Waals surface area contributed by atoms with Gasteiger partial charge in [-0.05, 0) is 176 Å². The Balaban J connectivity index is 1.28. The van der Waals surface area contributed by atoms with Gasteiger partial charge in [0, 0.05) is 27.1 Å². The van der Waals surface area contributed by atoms with Crippen LogP contribution in [0.4, 0.5) is 13.2 Å². The summed E-state index contributed by atoms with van der Waals surface area (Å²) in [5.41, 5.74) is 21.3. The lowest BCUT2D eigenvalue weighted by Gasteiger charge is -2.23. The molecule has 12 rings (SSSR count). The van der Waals surface area contributed by atoms with Gasteiger partial charge in [-0.15, -0.1) is 0 Å². The molecule has 0 bridgehead atoms. The highest BCUT2D eigenvalue weighted by molar-refractivity contribution is 6.14. The molecule has 0 fully saturated rings. The van der Waals surface area contributed by atoms with Crippen LogP contribution in [0, 0.1) is 66.7 Å². The lowest BCUT2D eigenvalue weighted by atomic mass is 9.95. The standard InChI is InChI=1S/C70H54F3N3/c1-40-12-20-55(44(5)28-40)49-16-24-59-60-25-17-50(56-21-13-41(2)29-45(56)6)34-64(60)75(63(59)33-49)67-37-54(70(71,72)73)38-68(69(67)53-11-9-10-48(32-53)39-74)76-65-35-51(57-22-14-42(3)30-46(57)7)18-26-61(65)62-27-19-52(36-66(62)76)58-23-15-43(4)31-47(58)8/h9-38H,1-8H3. The van der Waals surface area contributed by atoms with Gasteiger partial charge in [0.15, 0.2) is 0 Å². The summed E-state index contributed by atoms with van der Waals surface area (Å²) in [4.78, 5) is 0. The molecule has 0 aliphatic rings. The number of hydrogen-bond donors (Lipinski definition) is 0. The molecule has 12 aromatic rings. The van der Waals surface area contributed by atoms with Crippen molar-refractivity contribution in [2.75, 3.05) is 0 Å². The van der Waals surface area contributed by atoms with E-state index in [1.807, 2.05) is 27.3 Å². The van der Waals surface area contributed by atoms with E-state index >= 15 is 13.2 Å². The van der Waals surface area contributed by atoms with Crippen molar-refractivity contribution >= 4 is 43.6 Å². The lowest BCUT2D eigenvalue weighted by Crippen LogP contribution is -2.11. The van der Waals surface area contributed by atoms with Crippen LogP contribution in [0.15, 0.2) is 182 Å². The van der Waals surface area contributed by atoms with Gasteiger partial charge < -0.3 is 9.13 Å². The summed E-state index contributed by atoms with van der Waals surface area (Å²) in [6.07, 6.45) is -4.77. The Kier molecular flexibility index (Phi) is 11.5. The Morgan fingerprint density at radius 2 is 0.684 bits per heavy atom. The average Bonchev–Trinajstić information content (AvgIpc) is 3.90. The fourth-order valence-electron chi connectivity index (χ4n) is 11.9. The van der Waals surface area contributed by atoms with Crippen LogP contribution < -0.4 is 0 Å². The molecular formula is C70H54F3N3. The molecule has 0 atom stereocenters. The number of rotatable bonds is 7. The molecule has 0 spiro atoms. The van der Waals surface area contributed by atoms with Crippen LogP contribution in [0.1, 0.15) is 55.6 Å². The molecule has 0 saturated heterocycles. The van der Waals surface area contributed by atoms with Crippen LogP contribution >= 0.6 is 0 Å². The van der Waals surface area contributed by atoms with Crippen molar-refractivity contribution in [3.8, 4) is 73.1 Å². The van der Waals surface area contributed by atoms with Gasteiger partial charge in [-0.3, -0.25) is 0 Å². The quantitative estimate of drug-likeness (QED) is 0.157. The van der Waals surface area contributed by atoms with Gasteiger partial charge in [0.25, 0.3) is 0 Å². The van der Waals surface area contributed by atoms with Gasteiger partial charge >= 0.3 is 6.18 Å². The topological polar surface area (TPSA) is 33.6 Å². The van der Waals surface area contributed by atoms with Gasteiger partial charge in [0.1, 0.15) is 0 Å². The van der Waals surface area contributed by atoms with E-state index in [2.05, 4.69) is 207 Å². The van der Waals surface area contributed by atoms with E-state index in [1.165, 1.54) is 12.1 Å². The zero-order valence-electron chi connectivity index (χ0n) is 43.8. The molecule has 0 aliphatic heterocycles. The monoisotopic (exact) mass is 993 g/mol. The molecule has 0 aliphatic carbocycles. The number of halogens is 3. The van der Waals surface area contributed by atoms with E-state index in [-0.39, 0.29) is 0 Å².